The van der Waals surface area contributed by atoms with Crippen LogP contribution in [0.4, 0.5) is 0 Å². The van der Waals surface area contributed by atoms with E-state index in [4.69, 9.17) is 17.3 Å². The lowest BCUT2D eigenvalue weighted by Crippen LogP contribution is -2.29. The van der Waals surface area contributed by atoms with Crippen molar-refractivity contribution < 1.29 is 0 Å². The number of halogens is 2. The van der Waals surface area contributed by atoms with E-state index in [0.717, 1.165) is 26.9 Å². The van der Waals surface area contributed by atoms with Crippen LogP contribution >= 0.6 is 27.5 Å². The molecule has 1 saturated carbocycles. The molecule has 4 unspecified atom stereocenters. The van der Waals surface area contributed by atoms with E-state index < -0.39 is 0 Å². The Morgan fingerprint density at radius 1 is 1.22 bits per heavy atom. The van der Waals surface area contributed by atoms with Gasteiger partial charge < -0.3 is 5.73 Å². The van der Waals surface area contributed by atoms with Crippen molar-refractivity contribution in [2.24, 2.45) is 23.5 Å². The molecule has 1 aromatic carbocycles. The van der Waals surface area contributed by atoms with Crippen LogP contribution in [0.25, 0.3) is 0 Å². The Morgan fingerprint density at radius 2 is 1.94 bits per heavy atom. The van der Waals surface area contributed by atoms with Gasteiger partial charge in [-0.2, -0.15) is 0 Å². The summed E-state index contributed by atoms with van der Waals surface area (Å²) in [4.78, 5) is 0. The van der Waals surface area contributed by atoms with Gasteiger partial charge in [0.2, 0.25) is 0 Å². The smallest absolute Gasteiger partial charge is 0.0420 e. The molecule has 1 nitrogen and oxygen atoms in total. The molecule has 0 aromatic heterocycles. The summed E-state index contributed by atoms with van der Waals surface area (Å²) < 4.78 is 1.01. The third-order valence-electron chi connectivity index (χ3n) is 4.42. The molecule has 3 heteroatoms. The summed E-state index contributed by atoms with van der Waals surface area (Å²) in [6, 6.07) is 6.11. The molecule has 2 rings (SSSR count). The van der Waals surface area contributed by atoms with Gasteiger partial charge in [-0.15, -0.1) is 0 Å². The van der Waals surface area contributed by atoms with Gasteiger partial charge in [0.25, 0.3) is 0 Å². The molecule has 0 spiro atoms. The monoisotopic (exact) mass is 329 g/mol. The number of rotatable bonds is 2. The first-order valence-corrected chi connectivity index (χ1v) is 7.86. The van der Waals surface area contributed by atoms with Crippen LogP contribution in [0.5, 0.6) is 0 Å². The minimum absolute atomic E-state index is 0.106. The quantitative estimate of drug-likeness (QED) is 0.795. The molecule has 1 aliphatic rings. The molecule has 1 aromatic rings. The van der Waals surface area contributed by atoms with Gasteiger partial charge in [-0.1, -0.05) is 47.8 Å². The van der Waals surface area contributed by atoms with Crippen LogP contribution in [0.15, 0.2) is 22.7 Å². The molecule has 18 heavy (non-hydrogen) atoms. The second-order valence-electron chi connectivity index (χ2n) is 5.76. The van der Waals surface area contributed by atoms with Crippen molar-refractivity contribution >= 4 is 27.5 Å². The lowest BCUT2D eigenvalue weighted by molar-refractivity contribution is 0.186. The summed E-state index contributed by atoms with van der Waals surface area (Å²) in [7, 11) is 0. The fourth-order valence-electron chi connectivity index (χ4n) is 2.96. The fourth-order valence-corrected chi connectivity index (χ4v) is 3.84. The highest BCUT2D eigenvalue weighted by atomic mass is 79.9. The molecule has 0 saturated heterocycles. The second kappa shape index (κ2) is 5.94. The summed E-state index contributed by atoms with van der Waals surface area (Å²) in [5.74, 6) is 2.19. The zero-order valence-corrected chi connectivity index (χ0v) is 13.3. The van der Waals surface area contributed by atoms with E-state index in [1.807, 2.05) is 12.1 Å². The van der Waals surface area contributed by atoms with Crippen molar-refractivity contribution in [2.45, 2.75) is 39.2 Å². The maximum Gasteiger partial charge on any atom is 0.0420 e. The maximum atomic E-state index is 6.44. The van der Waals surface area contributed by atoms with Crippen molar-refractivity contribution in [3.05, 3.63) is 33.3 Å². The number of hydrogen-bond donors (Lipinski definition) is 1. The Kier molecular flexibility index (Phi) is 4.74. The minimum Gasteiger partial charge on any atom is -0.324 e. The predicted molar refractivity (Wildman–Crippen MR) is 81.7 cm³/mol. The topological polar surface area (TPSA) is 26.0 Å². The van der Waals surface area contributed by atoms with Crippen LogP contribution in [0.3, 0.4) is 0 Å². The Labute approximate surface area is 123 Å². The third kappa shape index (κ3) is 3.28. The molecule has 0 bridgehead atoms. The van der Waals surface area contributed by atoms with Crippen molar-refractivity contribution in [1.29, 1.82) is 0 Å². The van der Waals surface area contributed by atoms with E-state index >= 15 is 0 Å². The first-order chi connectivity index (χ1) is 8.47. The van der Waals surface area contributed by atoms with Gasteiger partial charge in [0.15, 0.2) is 0 Å². The highest BCUT2D eigenvalue weighted by Crippen LogP contribution is 2.39. The molecular formula is C15H21BrClN. The summed E-state index contributed by atoms with van der Waals surface area (Å²) in [5.41, 5.74) is 7.59. The van der Waals surface area contributed by atoms with Crippen molar-refractivity contribution in [2.75, 3.05) is 0 Å². The van der Waals surface area contributed by atoms with Crippen LogP contribution in [0.2, 0.25) is 5.02 Å². The first kappa shape index (κ1) is 14.4. The van der Waals surface area contributed by atoms with Crippen molar-refractivity contribution in [1.82, 2.24) is 0 Å². The molecule has 0 radical (unpaired) electrons. The van der Waals surface area contributed by atoms with Gasteiger partial charge in [0.05, 0.1) is 0 Å². The summed E-state index contributed by atoms with van der Waals surface area (Å²) in [5, 5.41) is 0.757. The summed E-state index contributed by atoms with van der Waals surface area (Å²) >= 11 is 9.59. The van der Waals surface area contributed by atoms with Crippen molar-refractivity contribution in [3.63, 3.8) is 0 Å². The Bertz CT molecular complexity index is 401. The average Bonchev–Trinajstić information content (AvgIpc) is 2.30. The minimum atomic E-state index is 0.106. The van der Waals surface area contributed by atoms with Gasteiger partial charge >= 0.3 is 0 Å². The van der Waals surface area contributed by atoms with Crippen LogP contribution in [0, 0.1) is 17.8 Å². The highest BCUT2D eigenvalue weighted by Gasteiger charge is 2.29. The number of hydrogen-bond acceptors (Lipinski definition) is 1. The Hall–Kier alpha value is -0.0500. The van der Waals surface area contributed by atoms with Crippen LogP contribution in [-0.4, -0.2) is 0 Å². The van der Waals surface area contributed by atoms with Gasteiger partial charge in [0.1, 0.15) is 0 Å². The van der Waals surface area contributed by atoms with Gasteiger partial charge in [-0.05, 0) is 54.4 Å². The van der Waals surface area contributed by atoms with E-state index in [-0.39, 0.29) is 6.04 Å². The van der Waals surface area contributed by atoms with E-state index in [2.05, 4.69) is 35.8 Å². The average molecular weight is 331 g/mol. The second-order valence-corrected chi connectivity index (χ2v) is 7.11. The van der Waals surface area contributed by atoms with Crippen LogP contribution < -0.4 is 5.73 Å². The Morgan fingerprint density at radius 3 is 2.56 bits per heavy atom. The molecule has 100 valence electrons. The van der Waals surface area contributed by atoms with E-state index in [1.165, 1.54) is 19.3 Å². The van der Waals surface area contributed by atoms with Crippen LogP contribution in [-0.2, 0) is 0 Å². The largest absolute Gasteiger partial charge is 0.324 e. The highest BCUT2D eigenvalue weighted by molar-refractivity contribution is 9.10. The molecule has 1 fully saturated rings. The standard InChI is InChI=1S/C15H21BrClN/c1-9-3-4-11(5-10(9)2)15(18)12-6-13(16)8-14(17)7-12/h6-11,15H,3-5,18H2,1-2H3. The Balaban J connectivity index is 2.13. The van der Waals surface area contributed by atoms with E-state index in [1.54, 1.807) is 0 Å². The molecule has 1 aliphatic carbocycles. The zero-order chi connectivity index (χ0) is 13.3. The first-order valence-electron chi connectivity index (χ1n) is 6.69. The normalized spacial score (nSPS) is 30.2. The molecule has 4 atom stereocenters. The fraction of sp³-hybridized carbons (Fsp3) is 0.600. The van der Waals surface area contributed by atoms with Crippen molar-refractivity contribution in [3.8, 4) is 0 Å². The lowest BCUT2D eigenvalue weighted by atomic mass is 9.72. The molecule has 2 N–H and O–H groups in total. The molecular weight excluding hydrogens is 310 g/mol. The predicted octanol–water partition coefficient (Wildman–Crippen LogP) is 5.17. The molecule has 0 heterocycles. The lowest BCUT2D eigenvalue weighted by Gasteiger charge is -2.35. The molecule has 0 amide bonds. The van der Waals surface area contributed by atoms with Gasteiger partial charge in [0, 0.05) is 15.5 Å². The van der Waals surface area contributed by atoms with E-state index in [0.29, 0.717) is 5.92 Å². The molecule has 0 aliphatic heterocycles. The maximum absolute atomic E-state index is 6.44. The van der Waals surface area contributed by atoms with Gasteiger partial charge in [-0.3, -0.25) is 0 Å². The number of benzene rings is 1. The van der Waals surface area contributed by atoms with Crippen LogP contribution in [0.1, 0.15) is 44.7 Å². The summed E-state index contributed by atoms with van der Waals surface area (Å²) in [6.45, 7) is 4.69. The number of nitrogens with two attached hydrogens (primary N) is 1. The van der Waals surface area contributed by atoms with Gasteiger partial charge in [-0.25, -0.2) is 0 Å². The zero-order valence-electron chi connectivity index (χ0n) is 11.0. The third-order valence-corrected chi connectivity index (χ3v) is 5.09. The SMILES string of the molecule is CC1CCC(C(N)c2cc(Cl)cc(Br)c2)CC1C. The van der Waals surface area contributed by atoms with E-state index in [9.17, 15) is 0 Å². The summed E-state index contributed by atoms with van der Waals surface area (Å²) in [6.07, 6.45) is 3.75.